The number of nitrogens with zero attached hydrogens (tertiary/aromatic N) is 3. The van der Waals surface area contributed by atoms with E-state index in [1.807, 2.05) is 0 Å². The summed E-state index contributed by atoms with van der Waals surface area (Å²) in [4.78, 5) is 21.5. The fraction of sp³-hybridized carbons (Fsp3) is 0.417. The molecule has 0 atom stereocenters. The number of methoxy groups -OCH3 is 1. The van der Waals surface area contributed by atoms with Crippen molar-refractivity contribution in [2.45, 2.75) is 17.7 Å². The van der Waals surface area contributed by atoms with Gasteiger partial charge in [-0.15, -0.1) is 0 Å². The van der Waals surface area contributed by atoms with Crippen LogP contribution >= 0.6 is 11.3 Å². The molecule has 0 N–H and O–H groups in total. The monoisotopic (exact) mass is 521 g/mol. The van der Waals surface area contributed by atoms with Crippen molar-refractivity contribution in [2.75, 3.05) is 57.2 Å². The van der Waals surface area contributed by atoms with Crippen LogP contribution in [0.4, 0.5) is 9.52 Å². The van der Waals surface area contributed by atoms with Gasteiger partial charge in [0.2, 0.25) is 5.91 Å². The summed E-state index contributed by atoms with van der Waals surface area (Å²) in [5.41, 5.74) is 0.212. The van der Waals surface area contributed by atoms with Gasteiger partial charge in [0.05, 0.1) is 35.7 Å². The maximum Gasteiger partial charge on any atom is 0.229 e. The number of ether oxygens (including phenoxy) is 2. The normalized spacial score (nSPS) is 14.8. The molecule has 2 aromatic carbocycles. The van der Waals surface area contributed by atoms with E-state index in [1.54, 1.807) is 24.3 Å². The number of benzene rings is 2. The number of carbonyl (C=O) groups is 1. The molecule has 35 heavy (non-hydrogen) atoms. The minimum Gasteiger partial charge on any atom is -0.497 e. The molecule has 1 fully saturated rings. The van der Waals surface area contributed by atoms with Gasteiger partial charge in [0.15, 0.2) is 15.0 Å². The number of thiazole rings is 1. The molecule has 0 radical (unpaired) electrons. The standard InChI is InChI=1S/C24H28FN3O5S2/c1-32-18-6-8-19(9-7-18)35(30,31)17-10-22(29)28(12-3-11-27-13-15-33-16-14-27)24-26-23-20(25)4-2-5-21(23)34-24/h2,4-9H,3,10-17H2,1H3. The van der Waals surface area contributed by atoms with Crippen LogP contribution in [0, 0.1) is 5.82 Å². The fourth-order valence-electron chi connectivity index (χ4n) is 3.88. The van der Waals surface area contributed by atoms with Crippen molar-refractivity contribution in [1.29, 1.82) is 0 Å². The lowest BCUT2D eigenvalue weighted by Gasteiger charge is -2.27. The van der Waals surface area contributed by atoms with Gasteiger partial charge in [-0.2, -0.15) is 0 Å². The molecular weight excluding hydrogens is 493 g/mol. The summed E-state index contributed by atoms with van der Waals surface area (Å²) in [6.45, 7) is 4.17. The van der Waals surface area contributed by atoms with Crippen LogP contribution in [0.25, 0.3) is 10.2 Å². The molecular formula is C24H28FN3O5S2. The van der Waals surface area contributed by atoms with Gasteiger partial charge in [-0.3, -0.25) is 14.6 Å². The molecule has 1 aliphatic rings. The highest BCUT2D eigenvalue weighted by Crippen LogP contribution is 2.31. The summed E-state index contributed by atoms with van der Waals surface area (Å²) < 4.78 is 50.9. The zero-order chi connectivity index (χ0) is 24.8. The van der Waals surface area contributed by atoms with Crippen molar-refractivity contribution < 1.29 is 27.1 Å². The van der Waals surface area contributed by atoms with E-state index in [0.29, 0.717) is 41.8 Å². The maximum absolute atomic E-state index is 14.2. The van der Waals surface area contributed by atoms with E-state index in [-0.39, 0.29) is 28.5 Å². The van der Waals surface area contributed by atoms with Crippen molar-refractivity contribution in [3.63, 3.8) is 0 Å². The van der Waals surface area contributed by atoms with Crippen LogP contribution in [0.1, 0.15) is 12.8 Å². The second kappa shape index (κ2) is 11.4. The Bertz CT molecular complexity index is 1260. The number of hydrogen-bond donors (Lipinski definition) is 0. The molecule has 3 aromatic rings. The van der Waals surface area contributed by atoms with Crippen molar-refractivity contribution >= 4 is 42.4 Å². The van der Waals surface area contributed by atoms with Gasteiger partial charge in [0.1, 0.15) is 17.1 Å². The number of rotatable bonds is 10. The summed E-state index contributed by atoms with van der Waals surface area (Å²) in [5.74, 6) is -0.594. The highest BCUT2D eigenvalue weighted by atomic mass is 32.2. The van der Waals surface area contributed by atoms with Crippen molar-refractivity contribution in [3.8, 4) is 5.75 Å². The molecule has 0 aliphatic carbocycles. The van der Waals surface area contributed by atoms with Crippen LogP contribution < -0.4 is 9.64 Å². The number of hydrogen-bond acceptors (Lipinski definition) is 8. The van der Waals surface area contributed by atoms with E-state index in [0.717, 1.165) is 19.6 Å². The molecule has 8 nitrogen and oxygen atoms in total. The highest BCUT2D eigenvalue weighted by Gasteiger charge is 2.24. The topological polar surface area (TPSA) is 89.0 Å². The maximum atomic E-state index is 14.2. The average Bonchev–Trinajstić information content (AvgIpc) is 3.31. The zero-order valence-electron chi connectivity index (χ0n) is 19.5. The molecule has 0 saturated carbocycles. The van der Waals surface area contributed by atoms with E-state index < -0.39 is 15.7 Å². The van der Waals surface area contributed by atoms with E-state index in [9.17, 15) is 17.6 Å². The Kier molecular flexibility index (Phi) is 8.32. The van der Waals surface area contributed by atoms with Gasteiger partial charge in [0, 0.05) is 32.6 Å². The van der Waals surface area contributed by atoms with E-state index in [4.69, 9.17) is 9.47 Å². The minimum absolute atomic E-state index is 0.132. The summed E-state index contributed by atoms with van der Waals surface area (Å²) in [5, 5.41) is 0.374. The van der Waals surface area contributed by atoms with Gasteiger partial charge in [0.25, 0.3) is 0 Å². The van der Waals surface area contributed by atoms with Crippen molar-refractivity contribution in [1.82, 2.24) is 9.88 Å². The molecule has 0 bridgehead atoms. The summed E-state index contributed by atoms with van der Waals surface area (Å²) in [6, 6.07) is 10.8. The lowest BCUT2D eigenvalue weighted by atomic mass is 10.3. The second-order valence-corrected chi connectivity index (χ2v) is 11.3. The quantitative estimate of drug-likeness (QED) is 0.404. The number of amides is 1. The first-order valence-electron chi connectivity index (χ1n) is 11.4. The molecule has 1 aromatic heterocycles. The second-order valence-electron chi connectivity index (χ2n) is 8.18. The van der Waals surface area contributed by atoms with Crippen LogP contribution in [-0.2, 0) is 19.4 Å². The molecule has 1 aliphatic heterocycles. The van der Waals surface area contributed by atoms with Gasteiger partial charge in [-0.1, -0.05) is 17.4 Å². The lowest BCUT2D eigenvalue weighted by Crippen LogP contribution is -2.39. The summed E-state index contributed by atoms with van der Waals surface area (Å²) in [6.07, 6.45) is 0.472. The number of aromatic nitrogens is 1. The van der Waals surface area contributed by atoms with E-state index in [2.05, 4.69) is 9.88 Å². The number of anilines is 1. The predicted octanol–water partition coefficient (Wildman–Crippen LogP) is 3.36. The number of fused-ring (bicyclic) bond motifs is 1. The molecule has 0 unspecified atom stereocenters. The molecule has 4 rings (SSSR count). The third-order valence-corrected chi connectivity index (χ3v) is 8.63. The zero-order valence-corrected chi connectivity index (χ0v) is 21.1. The highest BCUT2D eigenvalue weighted by molar-refractivity contribution is 7.91. The predicted molar refractivity (Wildman–Crippen MR) is 133 cm³/mol. The van der Waals surface area contributed by atoms with Gasteiger partial charge in [-0.25, -0.2) is 17.8 Å². The first-order chi connectivity index (χ1) is 16.9. The molecule has 0 spiro atoms. The molecule has 2 heterocycles. The molecule has 188 valence electrons. The SMILES string of the molecule is COc1ccc(S(=O)(=O)CCC(=O)N(CCCN2CCOCC2)c2nc3c(F)cccc3s2)cc1. The van der Waals surface area contributed by atoms with Gasteiger partial charge in [-0.05, 0) is 42.8 Å². The van der Waals surface area contributed by atoms with Crippen molar-refractivity contribution in [2.24, 2.45) is 0 Å². The Morgan fingerprint density at radius 3 is 2.63 bits per heavy atom. The Morgan fingerprint density at radius 1 is 1.20 bits per heavy atom. The Morgan fingerprint density at radius 2 is 1.94 bits per heavy atom. The Balaban J connectivity index is 1.48. The first kappa shape index (κ1) is 25.5. The number of carbonyl (C=O) groups excluding carboxylic acids is 1. The van der Waals surface area contributed by atoms with Crippen LogP contribution in [0.2, 0.25) is 0 Å². The number of sulfone groups is 1. The first-order valence-corrected chi connectivity index (χ1v) is 13.9. The fourth-order valence-corrected chi connectivity index (χ4v) is 6.13. The van der Waals surface area contributed by atoms with Crippen molar-refractivity contribution in [3.05, 3.63) is 48.3 Å². The van der Waals surface area contributed by atoms with Gasteiger partial charge < -0.3 is 9.47 Å². The van der Waals surface area contributed by atoms with Crippen LogP contribution in [-0.4, -0.2) is 76.5 Å². The third-order valence-electron chi connectivity index (χ3n) is 5.85. The largest absolute Gasteiger partial charge is 0.497 e. The number of para-hydroxylation sites is 1. The number of morpholine rings is 1. The minimum atomic E-state index is -3.67. The van der Waals surface area contributed by atoms with Gasteiger partial charge >= 0.3 is 0 Å². The smallest absolute Gasteiger partial charge is 0.229 e. The summed E-state index contributed by atoms with van der Waals surface area (Å²) in [7, 11) is -2.16. The Labute approximate surface area is 208 Å². The molecule has 1 amide bonds. The number of halogens is 1. The van der Waals surface area contributed by atoms with Crippen LogP contribution in [0.5, 0.6) is 5.75 Å². The molecule has 1 saturated heterocycles. The van der Waals surface area contributed by atoms with E-state index >= 15 is 0 Å². The van der Waals surface area contributed by atoms with Crippen LogP contribution in [0.15, 0.2) is 47.4 Å². The third kappa shape index (κ3) is 6.35. The summed E-state index contributed by atoms with van der Waals surface area (Å²) >= 11 is 1.22. The molecule has 11 heteroatoms. The average molecular weight is 522 g/mol. The van der Waals surface area contributed by atoms with Crippen LogP contribution in [0.3, 0.4) is 0 Å². The lowest BCUT2D eigenvalue weighted by molar-refractivity contribution is -0.118. The van der Waals surface area contributed by atoms with E-state index in [1.165, 1.54) is 41.5 Å². The Hall–Kier alpha value is -2.60.